The first-order valence-corrected chi connectivity index (χ1v) is 11.0. The first-order chi connectivity index (χ1) is 15.1. The van der Waals surface area contributed by atoms with Crippen molar-refractivity contribution >= 4 is 32.4 Å². The number of carbonyl (C=O) groups is 1. The van der Waals surface area contributed by atoms with Crippen molar-refractivity contribution in [3.8, 4) is 11.3 Å². The van der Waals surface area contributed by atoms with Crippen LogP contribution in [0.25, 0.3) is 26.4 Å². The molecule has 0 spiro atoms. The fourth-order valence-electron chi connectivity index (χ4n) is 3.58. The molecule has 0 atom stereocenters. The Kier molecular flexibility index (Phi) is 5.00. The third-order valence-corrected chi connectivity index (χ3v) is 6.40. The van der Waals surface area contributed by atoms with Gasteiger partial charge in [-0.1, -0.05) is 42.5 Å². The summed E-state index contributed by atoms with van der Waals surface area (Å²) in [4.78, 5) is 18.2. The lowest BCUT2D eigenvalue weighted by molar-refractivity contribution is 0.0951. The van der Waals surface area contributed by atoms with Crippen LogP contribution in [0.1, 0.15) is 28.4 Å². The number of aromatic nitrogens is 2. The van der Waals surface area contributed by atoms with Crippen LogP contribution in [-0.4, -0.2) is 15.3 Å². The van der Waals surface area contributed by atoms with Gasteiger partial charge in [0, 0.05) is 23.9 Å². The van der Waals surface area contributed by atoms with Crippen molar-refractivity contribution in [3.63, 3.8) is 0 Å². The first kappa shape index (κ1) is 19.5. The number of imidazole rings is 1. The maximum Gasteiger partial charge on any atom is 0.251 e. The normalized spacial score (nSPS) is 11.3. The smallest absolute Gasteiger partial charge is 0.251 e. The van der Waals surface area contributed by atoms with E-state index in [0.717, 1.165) is 38.4 Å². The second-order valence-electron chi connectivity index (χ2n) is 7.42. The number of nitrogens with zero attached hydrogens (tertiary/aromatic N) is 2. The van der Waals surface area contributed by atoms with E-state index < -0.39 is 0 Å². The Hall–Kier alpha value is -3.51. The topological polar surface area (TPSA) is 46.4 Å². The van der Waals surface area contributed by atoms with Gasteiger partial charge in [0.05, 0.1) is 15.9 Å². The largest absolute Gasteiger partial charge is 0.348 e. The van der Waals surface area contributed by atoms with Crippen LogP contribution in [0.3, 0.4) is 0 Å². The molecule has 1 N–H and O–H groups in total. The van der Waals surface area contributed by atoms with E-state index in [1.807, 2.05) is 28.8 Å². The Morgan fingerprint density at radius 3 is 2.52 bits per heavy atom. The van der Waals surface area contributed by atoms with Crippen molar-refractivity contribution in [1.82, 2.24) is 14.7 Å². The molecule has 3 aromatic carbocycles. The van der Waals surface area contributed by atoms with Crippen LogP contribution in [0.15, 0.2) is 72.9 Å². The summed E-state index contributed by atoms with van der Waals surface area (Å²) in [7, 11) is 0. The summed E-state index contributed by atoms with van der Waals surface area (Å²) in [5.74, 6) is -0.362. The van der Waals surface area contributed by atoms with Crippen molar-refractivity contribution in [2.24, 2.45) is 0 Å². The molecule has 0 radical (unpaired) electrons. The van der Waals surface area contributed by atoms with Crippen LogP contribution >= 0.6 is 11.3 Å². The third-order valence-electron chi connectivity index (χ3n) is 5.38. The van der Waals surface area contributed by atoms with Gasteiger partial charge in [0.15, 0.2) is 4.96 Å². The average Bonchev–Trinajstić information content (AvgIpc) is 3.36. The molecule has 0 saturated heterocycles. The molecular weight excluding hydrogens is 409 g/mol. The lowest BCUT2D eigenvalue weighted by Gasteiger charge is -2.06. The number of nitrogens with one attached hydrogen (secondary N) is 1. The second-order valence-corrected chi connectivity index (χ2v) is 8.43. The number of carbonyl (C=O) groups excluding carboxylic acids is 1. The molecule has 0 fully saturated rings. The fourth-order valence-corrected chi connectivity index (χ4v) is 4.63. The maximum atomic E-state index is 13.2. The van der Waals surface area contributed by atoms with Crippen LogP contribution < -0.4 is 5.32 Å². The number of thiazole rings is 1. The average molecular weight is 430 g/mol. The summed E-state index contributed by atoms with van der Waals surface area (Å²) in [6.07, 6.45) is 2.95. The highest BCUT2D eigenvalue weighted by molar-refractivity contribution is 7.23. The molecule has 6 heteroatoms. The number of rotatable bonds is 5. The minimum atomic E-state index is -0.265. The van der Waals surface area contributed by atoms with Gasteiger partial charge in [-0.15, -0.1) is 0 Å². The summed E-state index contributed by atoms with van der Waals surface area (Å²) in [6, 6.07) is 20.3. The van der Waals surface area contributed by atoms with Crippen LogP contribution in [0, 0.1) is 5.82 Å². The number of hydrogen-bond donors (Lipinski definition) is 1. The van der Waals surface area contributed by atoms with Gasteiger partial charge in [0.1, 0.15) is 5.82 Å². The summed E-state index contributed by atoms with van der Waals surface area (Å²) in [5.41, 5.74) is 5.64. The molecule has 0 aliphatic rings. The number of halogens is 1. The molecule has 0 saturated carbocycles. The van der Waals surface area contributed by atoms with E-state index in [1.54, 1.807) is 12.1 Å². The summed E-state index contributed by atoms with van der Waals surface area (Å²) in [5, 5.41) is 2.99. The molecule has 0 aliphatic heterocycles. The Morgan fingerprint density at radius 1 is 1.03 bits per heavy atom. The van der Waals surface area contributed by atoms with Crippen LogP contribution in [0.4, 0.5) is 4.39 Å². The predicted molar refractivity (Wildman–Crippen MR) is 123 cm³/mol. The van der Waals surface area contributed by atoms with Crippen molar-refractivity contribution in [3.05, 3.63) is 95.4 Å². The summed E-state index contributed by atoms with van der Waals surface area (Å²) in [6.45, 7) is 2.62. The van der Waals surface area contributed by atoms with Gasteiger partial charge in [-0.2, -0.15) is 0 Å². The van der Waals surface area contributed by atoms with E-state index in [0.29, 0.717) is 12.1 Å². The zero-order chi connectivity index (χ0) is 21.4. The van der Waals surface area contributed by atoms with Crippen molar-refractivity contribution in [1.29, 1.82) is 0 Å². The second kappa shape index (κ2) is 7.96. The zero-order valence-corrected chi connectivity index (χ0v) is 17.7. The minimum absolute atomic E-state index is 0.0977. The Morgan fingerprint density at radius 2 is 1.77 bits per heavy atom. The van der Waals surface area contributed by atoms with Gasteiger partial charge in [-0.05, 0) is 60.0 Å². The van der Waals surface area contributed by atoms with E-state index in [-0.39, 0.29) is 11.7 Å². The zero-order valence-electron chi connectivity index (χ0n) is 16.9. The third kappa shape index (κ3) is 3.82. The van der Waals surface area contributed by atoms with E-state index >= 15 is 0 Å². The molecule has 0 bridgehead atoms. The molecule has 1 amide bonds. The van der Waals surface area contributed by atoms with Gasteiger partial charge in [0.2, 0.25) is 0 Å². The van der Waals surface area contributed by atoms with Gasteiger partial charge in [-0.3, -0.25) is 9.20 Å². The monoisotopic (exact) mass is 429 g/mol. The molecule has 31 heavy (non-hydrogen) atoms. The van der Waals surface area contributed by atoms with Gasteiger partial charge in [-0.25, -0.2) is 9.37 Å². The highest BCUT2D eigenvalue weighted by Crippen LogP contribution is 2.30. The highest BCUT2D eigenvalue weighted by atomic mass is 32.1. The first-order valence-electron chi connectivity index (χ1n) is 10.1. The SMILES string of the molecule is CCc1ccc(CNC(=O)c2ccc3c(c2)sc2nc(-c4ccc(F)cc4)cn23)cc1. The molecule has 2 heterocycles. The van der Waals surface area contributed by atoms with Crippen LogP contribution in [-0.2, 0) is 13.0 Å². The molecule has 4 nitrogen and oxygen atoms in total. The van der Waals surface area contributed by atoms with Gasteiger partial charge in [0.25, 0.3) is 5.91 Å². The standard InChI is InChI=1S/C25H20FN3OS/c1-2-16-3-5-17(6-4-16)14-27-24(30)19-9-12-22-23(13-19)31-25-28-21(15-29(22)25)18-7-10-20(26)11-8-18/h3-13,15H,2,14H2,1H3,(H,27,30). The number of aryl methyl sites for hydroxylation is 1. The molecule has 2 aromatic heterocycles. The van der Waals surface area contributed by atoms with Gasteiger partial charge < -0.3 is 5.32 Å². The molecule has 154 valence electrons. The van der Waals surface area contributed by atoms with E-state index in [1.165, 1.54) is 29.0 Å². The summed E-state index contributed by atoms with van der Waals surface area (Å²) >= 11 is 1.53. The lowest BCUT2D eigenvalue weighted by Crippen LogP contribution is -2.22. The quantitative estimate of drug-likeness (QED) is 0.381. The molecule has 0 aliphatic carbocycles. The van der Waals surface area contributed by atoms with Gasteiger partial charge >= 0.3 is 0 Å². The number of hydrogen-bond acceptors (Lipinski definition) is 3. The maximum absolute atomic E-state index is 13.2. The Balaban J connectivity index is 1.36. The fraction of sp³-hybridized carbons (Fsp3) is 0.120. The van der Waals surface area contributed by atoms with Crippen molar-refractivity contribution in [2.75, 3.05) is 0 Å². The highest BCUT2D eigenvalue weighted by Gasteiger charge is 2.13. The van der Waals surface area contributed by atoms with E-state index in [9.17, 15) is 9.18 Å². The Bertz CT molecular complexity index is 1380. The van der Waals surface area contributed by atoms with E-state index in [4.69, 9.17) is 0 Å². The molecule has 0 unspecified atom stereocenters. The van der Waals surface area contributed by atoms with Crippen molar-refractivity contribution < 1.29 is 9.18 Å². The number of fused-ring (bicyclic) bond motifs is 3. The molecule has 5 aromatic rings. The van der Waals surface area contributed by atoms with E-state index in [2.05, 4.69) is 41.5 Å². The summed E-state index contributed by atoms with van der Waals surface area (Å²) < 4.78 is 16.2. The minimum Gasteiger partial charge on any atom is -0.348 e. The van der Waals surface area contributed by atoms with Crippen molar-refractivity contribution in [2.45, 2.75) is 19.9 Å². The Labute approximate surface area is 183 Å². The predicted octanol–water partition coefficient (Wildman–Crippen LogP) is 5.85. The molecular formula is C25H20FN3OS. The number of amides is 1. The molecule has 5 rings (SSSR count). The van der Waals surface area contributed by atoms with Crippen LogP contribution in [0.2, 0.25) is 0 Å². The number of benzene rings is 3. The van der Waals surface area contributed by atoms with Crippen LogP contribution in [0.5, 0.6) is 0 Å². The lowest BCUT2D eigenvalue weighted by atomic mass is 10.1.